The van der Waals surface area contributed by atoms with Gasteiger partial charge in [0.15, 0.2) is 0 Å². The Morgan fingerprint density at radius 3 is 2.68 bits per heavy atom. The third-order valence-corrected chi connectivity index (χ3v) is 3.07. The van der Waals surface area contributed by atoms with E-state index in [0.29, 0.717) is 19.2 Å². The van der Waals surface area contributed by atoms with Crippen LogP contribution in [0.15, 0.2) is 18.2 Å². The second-order valence-electron chi connectivity index (χ2n) is 4.85. The summed E-state index contributed by atoms with van der Waals surface area (Å²) in [6.07, 6.45) is 0. The summed E-state index contributed by atoms with van der Waals surface area (Å²) >= 11 is 0. The quantitative estimate of drug-likeness (QED) is 0.784. The molecule has 0 aliphatic heterocycles. The molecule has 0 fully saturated rings. The van der Waals surface area contributed by atoms with Crippen LogP contribution in [0.5, 0.6) is 0 Å². The maximum Gasteiger partial charge on any atom is 0.129 e. The molecule has 0 aliphatic carbocycles. The van der Waals surface area contributed by atoms with Crippen molar-refractivity contribution in [1.82, 2.24) is 5.32 Å². The predicted octanol–water partition coefficient (Wildman–Crippen LogP) is 2.80. The Hall–Kier alpha value is -1.13. The Bertz CT molecular complexity index is 382. The number of halogens is 1. The summed E-state index contributed by atoms with van der Waals surface area (Å²) in [4.78, 5) is 2.14. The maximum atomic E-state index is 14.0. The first kappa shape index (κ1) is 15.9. The minimum Gasteiger partial charge on any atom is -0.383 e. The molecule has 0 saturated carbocycles. The van der Waals surface area contributed by atoms with Crippen LogP contribution in [0.25, 0.3) is 0 Å². The fraction of sp³-hybridized carbons (Fsp3) is 0.600. The van der Waals surface area contributed by atoms with E-state index in [-0.39, 0.29) is 5.82 Å². The van der Waals surface area contributed by atoms with Gasteiger partial charge in [-0.25, -0.2) is 4.39 Å². The Morgan fingerprint density at radius 1 is 1.37 bits per heavy atom. The van der Waals surface area contributed by atoms with E-state index in [1.165, 1.54) is 6.07 Å². The molecule has 19 heavy (non-hydrogen) atoms. The van der Waals surface area contributed by atoms with E-state index in [0.717, 1.165) is 24.3 Å². The number of nitrogens with one attached hydrogen (secondary N) is 1. The maximum absolute atomic E-state index is 14.0. The van der Waals surface area contributed by atoms with Crippen molar-refractivity contribution < 1.29 is 9.13 Å². The zero-order chi connectivity index (χ0) is 14.3. The highest BCUT2D eigenvalue weighted by atomic mass is 19.1. The lowest BCUT2D eigenvalue weighted by molar-refractivity contribution is 0.205. The molecule has 1 rings (SSSR count). The number of anilines is 1. The second kappa shape index (κ2) is 8.12. The molecule has 0 saturated heterocycles. The monoisotopic (exact) mass is 268 g/mol. The Balaban J connectivity index is 2.93. The number of hydrogen-bond acceptors (Lipinski definition) is 3. The fourth-order valence-corrected chi connectivity index (χ4v) is 1.98. The van der Waals surface area contributed by atoms with Crippen LogP contribution in [0.1, 0.15) is 26.3 Å². The van der Waals surface area contributed by atoms with Gasteiger partial charge in [0.05, 0.1) is 6.61 Å². The summed E-state index contributed by atoms with van der Waals surface area (Å²) in [5, 5.41) is 3.28. The molecule has 0 atom stereocenters. The summed E-state index contributed by atoms with van der Waals surface area (Å²) in [5.74, 6) is -0.151. The van der Waals surface area contributed by atoms with Crippen molar-refractivity contribution in [2.24, 2.45) is 0 Å². The molecule has 0 unspecified atom stereocenters. The van der Waals surface area contributed by atoms with Gasteiger partial charge in [-0.3, -0.25) is 0 Å². The molecule has 1 aromatic rings. The number of methoxy groups -OCH3 is 1. The van der Waals surface area contributed by atoms with Crippen LogP contribution in [0.4, 0.5) is 10.1 Å². The van der Waals surface area contributed by atoms with Crippen LogP contribution in [-0.2, 0) is 11.3 Å². The first-order chi connectivity index (χ1) is 9.10. The smallest absolute Gasteiger partial charge is 0.129 e. The van der Waals surface area contributed by atoms with Crippen LogP contribution in [0.3, 0.4) is 0 Å². The number of rotatable bonds is 8. The number of hydrogen-bond donors (Lipinski definition) is 1. The fourth-order valence-electron chi connectivity index (χ4n) is 1.98. The average Bonchev–Trinajstić information content (AvgIpc) is 2.38. The second-order valence-corrected chi connectivity index (χ2v) is 4.85. The zero-order valence-corrected chi connectivity index (χ0v) is 12.4. The minimum absolute atomic E-state index is 0.151. The van der Waals surface area contributed by atoms with Gasteiger partial charge in [0.25, 0.3) is 0 Å². The minimum atomic E-state index is -0.151. The molecule has 0 spiro atoms. The largest absolute Gasteiger partial charge is 0.383 e. The molecular formula is C15H25FN2O. The van der Waals surface area contributed by atoms with Crippen molar-refractivity contribution in [1.29, 1.82) is 0 Å². The third kappa shape index (κ3) is 4.80. The third-order valence-electron chi connectivity index (χ3n) is 3.07. The molecule has 0 aromatic heterocycles. The standard InChI is InChI=1S/C15H25FN2O/c1-5-18(9-10-19-4)15-8-6-7-14(16)13(15)11-17-12(2)3/h6-8,12,17H,5,9-11H2,1-4H3. The molecule has 1 aromatic carbocycles. The molecule has 1 N–H and O–H groups in total. The van der Waals surface area contributed by atoms with Crippen molar-refractivity contribution in [2.75, 3.05) is 31.7 Å². The lowest BCUT2D eigenvalue weighted by Crippen LogP contribution is -2.30. The lowest BCUT2D eigenvalue weighted by atomic mass is 10.1. The predicted molar refractivity (Wildman–Crippen MR) is 78.1 cm³/mol. The molecular weight excluding hydrogens is 243 g/mol. The summed E-state index contributed by atoms with van der Waals surface area (Å²) < 4.78 is 19.1. The molecule has 108 valence electrons. The molecule has 3 nitrogen and oxygen atoms in total. The highest BCUT2D eigenvalue weighted by molar-refractivity contribution is 5.54. The average molecular weight is 268 g/mol. The van der Waals surface area contributed by atoms with E-state index in [1.54, 1.807) is 13.2 Å². The molecule has 0 aliphatic rings. The molecule has 0 bridgehead atoms. The number of likely N-dealkylation sites (N-methyl/N-ethyl adjacent to an activating group) is 1. The number of benzene rings is 1. The van der Waals surface area contributed by atoms with Crippen molar-refractivity contribution in [3.63, 3.8) is 0 Å². The van der Waals surface area contributed by atoms with E-state index in [1.807, 2.05) is 6.07 Å². The van der Waals surface area contributed by atoms with E-state index in [2.05, 4.69) is 31.0 Å². The van der Waals surface area contributed by atoms with E-state index < -0.39 is 0 Å². The van der Waals surface area contributed by atoms with Crippen LogP contribution in [-0.4, -0.2) is 32.8 Å². The van der Waals surface area contributed by atoms with Crippen LogP contribution in [0.2, 0.25) is 0 Å². The van der Waals surface area contributed by atoms with Gasteiger partial charge in [-0.2, -0.15) is 0 Å². The highest BCUT2D eigenvalue weighted by Gasteiger charge is 2.13. The van der Waals surface area contributed by atoms with Gasteiger partial charge in [0.2, 0.25) is 0 Å². The van der Waals surface area contributed by atoms with Gasteiger partial charge >= 0.3 is 0 Å². The van der Waals surface area contributed by atoms with E-state index in [9.17, 15) is 4.39 Å². The van der Waals surface area contributed by atoms with Gasteiger partial charge < -0.3 is 15.0 Å². The number of ether oxygens (including phenoxy) is 1. The topological polar surface area (TPSA) is 24.5 Å². The van der Waals surface area contributed by atoms with Gasteiger partial charge in [0.1, 0.15) is 5.82 Å². The first-order valence-corrected chi connectivity index (χ1v) is 6.84. The lowest BCUT2D eigenvalue weighted by Gasteiger charge is -2.26. The SMILES string of the molecule is CCN(CCOC)c1cccc(F)c1CNC(C)C. The van der Waals surface area contributed by atoms with Gasteiger partial charge in [-0.05, 0) is 19.1 Å². The summed E-state index contributed by atoms with van der Waals surface area (Å²) in [7, 11) is 1.68. The first-order valence-electron chi connectivity index (χ1n) is 6.84. The zero-order valence-electron chi connectivity index (χ0n) is 12.4. The summed E-state index contributed by atoms with van der Waals surface area (Å²) in [5.41, 5.74) is 1.68. The van der Waals surface area contributed by atoms with Crippen molar-refractivity contribution in [3.05, 3.63) is 29.6 Å². The van der Waals surface area contributed by atoms with Crippen molar-refractivity contribution in [3.8, 4) is 0 Å². The normalized spacial score (nSPS) is 11.1. The molecule has 4 heteroatoms. The van der Waals surface area contributed by atoms with E-state index in [4.69, 9.17) is 4.74 Å². The molecule has 0 radical (unpaired) electrons. The van der Waals surface area contributed by atoms with Gasteiger partial charge in [-0.15, -0.1) is 0 Å². The van der Waals surface area contributed by atoms with E-state index >= 15 is 0 Å². The Morgan fingerprint density at radius 2 is 2.11 bits per heavy atom. The van der Waals surface area contributed by atoms with Crippen LogP contribution >= 0.6 is 0 Å². The molecule has 0 amide bonds. The summed E-state index contributed by atoms with van der Waals surface area (Å²) in [6.45, 7) is 8.98. The Kier molecular flexibility index (Phi) is 6.81. The van der Waals surface area contributed by atoms with Crippen LogP contribution in [0, 0.1) is 5.82 Å². The number of nitrogens with zero attached hydrogens (tertiary/aromatic N) is 1. The van der Waals surface area contributed by atoms with Gasteiger partial charge in [-0.1, -0.05) is 19.9 Å². The van der Waals surface area contributed by atoms with Crippen molar-refractivity contribution >= 4 is 5.69 Å². The van der Waals surface area contributed by atoms with Crippen molar-refractivity contribution in [2.45, 2.75) is 33.4 Å². The summed E-state index contributed by atoms with van der Waals surface area (Å²) in [6, 6.07) is 5.59. The highest BCUT2D eigenvalue weighted by Crippen LogP contribution is 2.23. The van der Waals surface area contributed by atoms with Crippen LogP contribution < -0.4 is 10.2 Å². The Labute approximate surface area is 115 Å². The van der Waals surface area contributed by atoms with Gasteiger partial charge in [0, 0.05) is 44.0 Å². The molecule has 0 heterocycles.